The number of aryl methyl sites for hydroxylation is 1. The predicted octanol–water partition coefficient (Wildman–Crippen LogP) is 1.69. The summed E-state index contributed by atoms with van der Waals surface area (Å²) in [7, 11) is 0. The van der Waals surface area contributed by atoms with Crippen molar-refractivity contribution >= 4 is 16.8 Å². The van der Waals surface area contributed by atoms with Crippen LogP contribution >= 0.6 is 0 Å². The number of aromatic nitrogens is 1. The molecule has 4 heteroatoms. The van der Waals surface area contributed by atoms with E-state index in [2.05, 4.69) is 16.4 Å². The summed E-state index contributed by atoms with van der Waals surface area (Å²) >= 11 is 0. The van der Waals surface area contributed by atoms with Crippen molar-refractivity contribution in [2.75, 3.05) is 6.54 Å². The lowest BCUT2D eigenvalue weighted by Gasteiger charge is -2.10. The van der Waals surface area contributed by atoms with Gasteiger partial charge in [-0.05, 0) is 18.6 Å². The Labute approximate surface area is 107 Å². The minimum atomic E-state index is -0.143. The van der Waals surface area contributed by atoms with Crippen LogP contribution in [0.15, 0.2) is 24.3 Å². The fourth-order valence-corrected chi connectivity index (χ4v) is 2.02. The lowest BCUT2D eigenvalue weighted by atomic mass is 10.1. The Morgan fingerprint density at radius 3 is 2.89 bits per heavy atom. The number of carbonyl (C=O) groups excluding carboxylic acids is 1. The second-order valence-corrected chi connectivity index (χ2v) is 4.63. The molecular weight excluding hydrogens is 226 g/mol. The number of aromatic amines is 1. The van der Waals surface area contributed by atoms with Gasteiger partial charge >= 0.3 is 0 Å². The van der Waals surface area contributed by atoms with Gasteiger partial charge in [-0.3, -0.25) is 4.79 Å². The number of nitrogens with one attached hydrogen (secondary N) is 2. The van der Waals surface area contributed by atoms with E-state index in [1.54, 1.807) is 0 Å². The zero-order valence-corrected chi connectivity index (χ0v) is 10.8. The van der Waals surface area contributed by atoms with Crippen LogP contribution in [0, 0.1) is 12.8 Å². The van der Waals surface area contributed by atoms with Gasteiger partial charge in [0.1, 0.15) is 0 Å². The third-order valence-corrected chi connectivity index (χ3v) is 3.27. The third-order valence-electron chi connectivity index (χ3n) is 3.27. The number of para-hydroxylation sites is 1. The molecule has 1 unspecified atom stereocenters. The van der Waals surface area contributed by atoms with Crippen LogP contribution in [0.25, 0.3) is 10.9 Å². The number of hydrogen-bond donors (Lipinski definition) is 3. The van der Waals surface area contributed by atoms with Crippen LogP contribution < -0.4 is 11.1 Å². The summed E-state index contributed by atoms with van der Waals surface area (Å²) in [5, 5.41) is 4.09. The maximum Gasteiger partial charge on any atom is 0.224 e. The van der Waals surface area contributed by atoms with Gasteiger partial charge < -0.3 is 16.0 Å². The number of H-pyrrole nitrogens is 1. The van der Waals surface area contributed by atoms with Crippen molar-refractivity contribution in [3.63, 3.8) is 0 Å². The molecule has 1 aromatic carbocycles. The maximum absolute atomic E-state index is 11.7. The highest BCUT2D eigenvalue weighted by Gasteiger charge is 2.12. The molecule has 0 saturated carbocycles. The highest BCUT2D eigenvalue weighted by atomic mass is 16.1. The molecule has 0 saturated heterocycles. The molecule has 96 valence electrons. The normalized spacial score (nSPS) is 12.6. The van der Waals surface area contributed by atoms with Crippen molar-refractivity contribution in [1.82, 2.24) is 10.3 Å². The number of nitrogens with two attached hydrogens (primary N) is 1. The predicted molar refractivity (Wildman–Crippen MR) is 73.1 cm³/mol. The van der Waals surface area contributed by atoms with Crippen LogP contribution in [0.3, 0.4) is 0 Å². The molecule has 0 radical (unpaired) electrons. The van der Waals surface area contributed by atoms with Crippen LogP contribution in [0.2, 0.25) is 0 Å². The van der Waals surface area contributed by atoms with Crippen molar-refractivity contribution in [3.05, 3.63) is 35.5 Å². The highest BCUT2D eigenvalue weighted by Crippen LogP contribution is 2.21. The van der Waals surface area contributed by atoms with E-state index >= 15 is 0 Å². The lowest BCUT2D eigenvalue weighted by Crippen LogP contribution is -2.32. The smallest absolute Gasteiger partial charge is 0.224 e. The van der Waals surface area contributed by atoms with Crippen LogP contribution in [0.4, 0.5) is 0 Å². The molecular formula is C14H19N3O. The van der Waals surface area contributed by atoms with E-state index in [-0.39, 0.29) is 11.8 Å². The van der Waals surface area contributed by atoms with E-state index in [9.17, 15) is 4.79 Å². The van der Waals surface area contributed by atoms with E-state index in [0.717, 1.165) is 22.2 Å². The number of benzene rings is 1. The summed E-state index contributed by atoms with van der Waals surface area (Å²) in [5.74, 6) is -0.141. The number of carbonyl (C=O) groups is 1. The molecule has 0 aliphatic heterocycles. The molecule has 1 heterocycles. The summed E-state index contributed by atoms with van der Waals surface area (Å²) in [6.07, 6.45) is 0. The third kappa shape index (κ3) is 2.38. The first-order valence-corrected chi connectivity index (χ1v) is 6.17. The van der Waals surface area contributed by atoms with Crippen LogP contribution in [0.5, 0.6) is 0 Å². The summed E-state index contributed by atoms with van der Waals surface area (Å²) in [5.41, 5.74) is 8.81. The molecule has 0 aliphatic rings. The number of amides is 1. The van der Waals surface area contributed by atoms with Gasteiger partial charge in [0.15, 0.2) is 0 Å². The minimum Gasteiger partial charge on any atom is -0.358 e. The monoisotopic (exact) mass is 245 g/mol. The molecule has 1 atom stereocenters. The van der Waals surface area contributed by atoms with E-state index < -0.39 is 0 Å². The Balaban J connectivity index is 2.17. The molecule has 2 aromatic rings. The first-order chi connectivity index (χ1) is 8.63. The van der Waals surface area contributed by atoms with Crippen LogP contribution in [-0.4, -0.2) is 17.4 Å². The standard InChI is InChI=1S/C14H19N3O/c1-9(7-15)14(18)16-8-12-10(2)17-13-6-4-3-5-11(12)13/h3-6,9,17H,7-8,15H2,1-2H3,(H,16,18). The zero-order chi connectivity index (χ0) is 13.1. The number of hydrogen-bond acceptors (Lipinski definition) is 2. The van der Waals surface area contributed by atoms with Crippen LogP contribution in [0.1, 0.15) is 18.2 Å². The van der Waals surface area contributed by atoms with Gasteiger partial charge in [-0.15, -0.1) is 0 Å². The van der Waals surface area contributed by atoms with Crippen molar-refractivity contribution in [3.8, 4) is 0 Å². The van der Waals surface area contributed by atoms with Gasteiger partial charge in [0, 0.05) is 35.6 Å². The summed E-state index contributed by atoms with van der Waals surface area (Å²) in [4.78, 5) is 15.0. The largest absolute Gasteiger partial charge is 0.358 e. The molecule has 0 bridgehead atoms. The average Bonchev–Trinajstić information content (AvgIpc) is 2.70. The molecule has 1 amide bonds. The summed E-state index contributed by atoms with van der Waals surface area (Å²) < 4.78 is 0. The van der Waals surface area contributed by atoms with Crippen molar-refractivity contribution < 1.29 is 4.79 Å². The van der Waals surface area contributed by atoms with Gasteiger partial charge in [-0.2, -0.15) is 0 Å². The van der Waals surface area contributed by atoms with Gasteiger partial charge in [-0.1, -0.05) is 25.1 Å². The van der Waals surface area contributed by atoms with Crippen molar-refractivity contribution in [2.24, 2.45) is 11.7 Å². The van der Waals surface area contributed by atoms with Crippen molar-refractivity contribution in [1.29, 1.82) is 0 Å². The molecule has 1 aromatic heterocycles. The lowest BCUT2D eigenvalue weighted by molar-refractivity contribution is -0.124. The van der Waals surface area contributed by atoms with Gasteiger partial charge in [0.05, 0.1) is 0 Å². The maximum atomic E-state index is 11.7. The Morgan fingerprint density at radius 2 is 2.17 bits per heavy atom. The Morgan fingerprint density at radius 1 is 1.44 bits per heavy atom. The number of rotatable bonds is 4. The average molecular weight is 245 g/mol. The highest BCUT2D eigenvalue weighted by molar-refractivity contribution is 5.85. The van der Waals surface area contributed by atoms with Gasteiger partial charge in [0.2, 0.25) is 5.91 Å². The quantitative estimate of drug-likeness (QED) is 0.767. The molecule has 0 spiro atoms. The summed E-state index contributed by atoms with van der Waals surface area (Å²) in [6, 6.07) is 8.10. The summed E-state index contributed by atoms with van der Waals surface area (Å²) in [6.45, 7) is 4.77. The van der Waals surface area contributed by atoms with E-state index in [1.807, 2.05) is 32.0 Å². The molecule has 4 N–H and O–H groups in total. The van der Waals surface area contributed by atoms with Crippen molar-refractivity contribution in [2.45, 2.75) is 20.4 Å². The Bertz CT molecular complexity index is 559. The van der Waals surface area contributed by atoms with Gasteiger partial charge in [-0.25, -0.2) is 0 Å². The van der Waals surface area contributed by atoms with Gasteiger partial charge in [0.25, 0.3) is 0 Å². The second kappa shape index (κ2) is 5.23. The molecule has 2 rings (SSSR count). The van der Waals surface area contributed by atoms with E-state index in [1.165, 1.54) is 0 Å². The van der Waals surface area contributed by atoms with E-state index in [4.69, 9.17) is 5.73 Å². The number of fused-ring (bicyclic) bond motifs is 1. The van der Waals surface area contributed by atoms with E-state index in [0.29, 0.717) is 13.1 Å². The second-order valence-electron chi connectivity index (χ2n) is 4.63. The fourth-order valence-electron chi connectivity index (χ4n) is 2.02. The first kappa shape index (κ1) is 12.6. The molecule has 0 aliphatic carbocycles. The topological polar surface area (TPSA) is 70.9 Å². The Kier molecular flexibility index (Phi) is 3.67. The zero-order valence-electron chi connectivity index (χ0n) is 10.8. The molecule has 18 heavy (non-hydrogen) atoms. The minimum absolute atomic E-state index is 0.00202. The molecule has 0 fully saturated rings. The SMILES string of the molecule is Cc1[nH]c2ccccc2c1CNC(=O)C(C)CN. The van der Waals surface area contributed by atoms with Crippen LogP contribution in [-0.2, 0) is 11.3 Å². The molecule has 4 nitrogen and oxygen atoms in total. The Hall–Kier alpha value is -1.81. The fraction of sp³-hybridized carbons (Fsp3) is 0.357. The first-order valence-electron chi connectivity index (χ1n) is 6.17.